The van der Waals surface area contributed by atoms with Crippen LogP contribution in [-0.2, 0) is 45.6 Å². The summed E-state index contributed by atoms with van der Waals surface area (Å²) >= 11 is 0. The van der Waals surface area contributed by atoms with Gasteiger partial charge in [-0.2, -0.15) is 0 Å². The molecule has 5 unspecified atom stereocenters. The highest BCUT2D eigenvalue weighted by Crippen LogP contribution is 2.35. The van der Waals surface area contributed by atoms with Gasteiger partial charge < -0.3 is 62.1 Å². The number of nitrogens with one attached hydrogen (secondary N) is 4. The Bertz CT molecular complexity index is 5130. The zero-order chi connectivity index (χ0) is 82.5. The van der Waals surface area contributed by atoms with Gasteiger partial charge in [-0.05, 0) is 75.6 Å². The summed E-state index contributed by atoms with van der Waals surface area (Å²) in [5.41, 5.74) is 12.5. The summed E-state index contributed by atoms with van der Waals surface area (Å²) in [7, 11) is 0. The van der Waals surface area contributed by atoms with Gasteiger partial charge in [0.05, 0.1) is 74.0 Å². The molecule has 13 rings (SSSR count). The fourth-order valence-electron chi connectivity index (χ4n) is 12.6. The quantitative estimate of drug-likeness (QED) is 0.0240. The van der Waals surface area contributed by atoms with Crippen molar-refractivity contribution < 1.29 is 60.0 Å². The number of hydrogen-bond donors (Lipinski definition) is 12. The lowest BCUT2D eigenvalue weighted by Gasteiger charge is -2.21. The summed E-state index contributed by atoms with van der Waals surface area (Å²) < 4.78 is 0. The van der Waals surface area contributed by atoms with Crippen molar-refractivity contribution >= 4 is 46.9 Å². The zero-order valence-corrected chi connectivity index (χ0v) is 65.4. The Kier molecular flexibility index (Phi) is 32.1. The number of aliphatic hydroxyl groups excluding tert-OH is 8. The first kappa shape index (κ1) is 86.1. The fourth-order valence-corrected chi connectivity index (χ4v) is 12.6. The van der Waals surface area contributed by atoms with Crippen LogP contribution in [0.1, 0.15) is 178 Å². The molecule has 1 fully saturated rings. The molecule has 12 N–H and O–H groups in total. The van der Waals surface area contributed by atoms with Crippen molar-refractivity contribution in [3.63, 3.8) is 0 Å². The number of nitrogens with zero attached hydrogens (tertiary/aromatic N) is 8. The molecule has 0 saturated heterocycles. The summed E-state index contributed by atoms with van der Waals surface area (Å²) in [6.45, 7) is 8.94. The monoisotopic (exact) mass is 1560 g/mol. The van der Waals surface area contributed by atoms with Crippen molar-refractivity contribution in [3.8, 4) is 45.0 Å². The van der Waals surface area contributed by atoms with Gasteiger partial charge in [0.15, 0.2) is 23.3 Å². The Balaban J connectivity index is 0.000000164. The number of amides is 4. The summed E-state index contributed by atoms with van der Waals surface area (Å²) in [4.78, 5) is 84.9. The minimum atomic E-state index is -1.03. The van der Waals surface area contributed by atoms with E-state index in [1.165, 1.54) is 26.2 Å². The summed E-state index contributed by atoms with van der Waals surface area (Å²) in [6.07, 6.45) is 9.47. The molecule has 1 aliphatic carbocycles. The smallest absolute Gasteiger partial charge is 0.228 e. The van der Waals surface area contributed by atoms with E-state index in [1.54, 1.807) is 73.3 Å². The molecular formula is C92H98N12O12. The van der Waals surface area contributed by atoms with Crippen molar-refractivity contribution in [2.24, 2.45) is 17.8 Å². The second kappa shape index (κ2) is 43.2. The molecule has 0 aliphatic heterocycles. The maximum atomic E-state index is 12.7. The van der Waals surface area contributed by atoms with Crippen LogP contribution in [0.2, 0.25) is 0 Å². The third-order valence-corrected chi connectivity index (χ3v) is 19.3. The van der Waals surface area contributed by atoms with Gasteiger partial charge in [-0.25, -0.2) is 39.9 Å². The van der Waals surface area contributed by atoms with Gasteiger partial charge in [-0.3, -0.25) is 19.2 Å². The second-order valence-electron chi connectivity index (χ2n) is 28.5. The Hall–Kier alpha value is -12.4. The molecule has 8 aromatic carbocycles. The van der Waals surface area contributed by atoms with Crippen LogP contribution < -0.4 is 21.3 Å². The standard InChI is InChI=1S/C26H29N3O3.2C23H25N3O3.C20H19N3O3/c30-17-19-11-13-20(14-12-19)22-16-27-26(29-23(31)15-18-7-3-1-4-8-18)24(28-22)25(32)21-9-5-2-6-10-21;1-15(2)12-20(28)26-23-21(22(29)18-6-4-3-5-7-18)25-19(13-24-23)17-10-8-16(14-27)9-11-17;1-3-15(2)23(29)26-22-20(21(28)18-7-5-4-6-8-18)25-19(13-24-22)17-11-9-16(14-27)10-12-17;1-13(25)22-20-18(19(26)16-5-3-2-4-6-16)23-17(11-21-20)15-9-7-14(12-24)8-10-15/h2,5-6,9-14,16,18,25,30,32H,1,3-4,7-8,15,17H2,(H,27,29,31);3-11,13,15,22,27,29H,12,14H2,1-2H3,(H,24,26,28);4-13,15,21,27-28H,3,14H2,1-2H3,(H,24,26,29);2-11,19,24,26H,12H2,1H3,(H,21,22,25). The molecule has 116 heavy (non-hydrogen) atoms. The largest absolute Gasteiger partial charge is 0.392 e. The molecule has 12 aromatic rings. The molecular weight excluding hydrogens is 1470 g/mol. The van der Waals surface area contributed by atoms with Gasteiger partial charge in [0.2, 0.25) is 23.6 Å². The summed E-state index contributed by atoms with van der Waals surface area (Å²) in [5, 5.41) is 91.7. The SMILES string of the molecule is CC(=O)Nc1ncc(-c2ccc(CO)cc2)nc1C(O)c1ccccc1.CC(C)CC(=O)Nc1ncc(-c2ccc(CO)cc2)nc1C(O)c1ccccc1.CCC(C)C(=O)Nc1ncc(-c2ccc(CO)cc2)nc1C(O)c1ccccc1.O=C(CC1CCCCC1)Nc1ncc(-c2ccc(CO)cc2)nc1C(O)c1ccccc1. The first-order valence-electron chi connectivity index (χ1n) is 38.6. The predicted octanol–water partition coefficient (Wildman–Crippen LogP) is 14.7. The van der Waals surface area contributed by atoms with Gasteiger partial charge in [0.1, 0.15) is 47.2 Å². The molecule has 4 heterocycles. The third-order valence-electron chi connectivity index (χ3n) is 19.3. The molecule has 598 valence electrons. The average Bonchev–Trinajstić information content (AvgIpc) is 0.814. The van der Waals surface area contributed by atoms with Gasteiger partial charge in [0, 0.05) is 47.9 Å². The molecule has 24 heteroatoms. The Morgan fingerprint density at radius 3 is 0.914 bits per heavy atom. The van der Waals surface area contributed by atoms with Gasteiger partial charge in [-0.15, -0.1) is 0 Å². The number of aliphatic hydroxyl groups is 8. The number of anilines is 4. The maximum absolute atomic E-state index is 12.7. The van der Waals surface area contributed by atoms with Crippen LogP contribution in [0.15, 0.2) is 243 Å². The van der Waals surface area contributed by atoms with Crippen LogP contribution in [0.4, 0.5) is 23.3 Å². The van der Waals surface area contributed by atoms with Gasteiger partial charge in [0.25, 0.3) is 0 Å². The Morgan fingerprint density at radius 2 is 0.647 bits per heavy atom. The highest BCUT2D eigenvalue weighted by atomic mass is 16.3. The van der Waals surface area contributed by atoms with E-state index in [0.717, 1.165) is 57.3 Å². The van der Waals surface area contributed by atoms with E-state index in [9.17, 15) is 54.9 Å². The van der Waals surface area contributed by atoms with Crippen molar-refractivity contribution in [1.82, 2.24) is 39.9 Å². The molecule has 0 radical (unpaired) electrons. The van der Waals surface area contributed by atoms with Crippen LogP contribution in [0.3, 0.4) is 0 Å². The minimum Gasteiger partial charge on any atom is -0.392 e. The van der Waals surface area contributed by atoms with Crippen LogP contribution in [-0.4, -0.2) is 104 Å². The summed E-state index contributed by atoms with van der Waals surface area (Å²) in [6, 6.07) is 65.8. The Morgan fingerprint density at radius 1 is 0.371 bits per heavy atom. The third kappa shape index (κ3) is 24.3. The van der Waals surface area contributed by atoms with Crippen molar-refractivity contribution in [2.45, 2.75) is 137 Å². The lowest BCUT2D eigenvalue weighted by Crippen LogP contribution is -2.22. The molecule has 0 bridgehead atoms. The lowest BCUT2D eigenvalue weighted by molar-refractivity contribution is -0.119. The van der Waals surface area contributed by atoms with E-state index in [-0.39, 0.29) is 102 Å². The first-order valence-corrected chi connectivity index (χ1v) is 38.6. The van der Waals surface area contributed by atoms with E-state index in [1.807, 2.05) is 198 Å². The number of benzene rings is 8. The van der Waals surface area contributed by atoms with Crippen molar-refractivity contribution in [3.05, 3.63) is 310 Å². The van der Waals surface area contributed by atoms with E-state index in [0.29, 0.717) is 75.9 Å². The first-order chi connectivity index (χ1) is 56.2. The Labute approximate surface area is 674 Å². The van der Waals surface area contributed by atoms with E-state index in [2.05, 4.69) is 61.1 Å². The number of hydrogen-bond acceptors (Lipinski definition) is 20. The molecule has 5 atom stereocenters. The van der Waals surface area contributed by atoms with Gasteiger partial charge >= 0.3 is 0 Å². The number of carbonyl (C=O) groups excluding carboxylic acids is 4. The highest BCUT2D eigenvalue weighted by Gasteiger charge is 2.27. The van der Waals surface area contributed by atoms with Crippen LogP contribution >= 0.6 is 0 Å². The molecule has 24 nitrogen and oxygen atoms in total. The second-order valence-corrected chi connectivity index (χ2v) is 28.5. The van der Waals surface area contributed by atoms with E-state index < -0.39 is 24.4 Å². The zero-order valence-electron chi connectivity index (χ0n) is 65.4. The average molecular weight is 1560 g/mol. The topological polar surface area (TPSA) is 381 Å². The molecule has 1 aliphatic rings. The fraction of sp³-hybridized carbons (Fsp3) is 0.261. The molecule has 4 aromatic heterocycles. The normalized spacial score (nSPS) is 13.1. The van der Waals surface area contributed by atoms with Crippen molar-refractivity contribution in [2.75, 3.05) is 21.3 Å². The predicted molar refractivity (Wildman–Crippen MR) is 446 cm³/mol. The maximum Gasteiger partial charge on any atom is 0.228 e. The van der Waals surface area contributed by atoms with Crippen molar-refractivity contribution in [1.29, 1.82) is 0 Å². The number of rotatable bonds is 26. The van der Waals surface area contributed by atoms with Crippen LogP contribution in [0.25, 0.3) is 45.0 Å². The van der Waals surface area contributed by atoms with E-state index >= 15 is 0 Å². The summed E-state index contributed by atoms with van der Waals surface area (Å²) in [5.74, 6) is 0.739. The number of carbonyl (C=O) groups is 4. The molecule has 0 spiro atoms. The molecule has 4 amide bonds. The lowest BCUT2D eigenvalue weighted by atomic mass is 9.87. The number of aromatic nitrogens is 8. The van der Waals surface area contributed by atoms with Crippen LogP contribution in [0, 0.1) is 17.8 Å². The van der Waals surface area contributed by atoms with E-state index in [4.69, 9.17) is 5.11 Å². The minimum absolute atomic E-state index is 0.0319. The van der Waals surface area contributed by atoms with Gasteiger partial charge in [-0.1, -0.05) is 265 Å². The molecule has 1 saturated carbocycles. The van der Waals surface area contributed by atoms with Crippen LogP contribution in [0.5, 0.6) is 0 Å². The highest BCUT2D eigenvalue weighted by molar-refractivity contribution is 5.93.